The monoisotopic (exact) mass is 311 g/mol. The molecule has 0 atom stereocenters. The number of anilines is 1. The van der Waals surface area contributed by atoms with E-state index in [-0.39, 0.29) is 17.1 Å². The van der Waals surface area contributed by atoms with Crippen LogP contribution in [0.4, 0.5) is 17.1 Å². The van der Waals surface area contributed by atoms with Gasteiger partial charge in [0.05, 0.1) is 4.92 Å². The first-order chi connectivity index (χ1) is 11.1. The van der Waals surface area contributed by atoms with Crippen molar-refractivity contribution in [3.63, 3.8) is 0 Å². The highest BCUT2D eigenvalue weighted by Crippen LogP contribution is 2.30. The molecule has 1 fully saturated rings. The molecule has 3 rings (SSSR count). The Bertz CT molecular complexity index is 735. The van der Waals surface area contributed by atoms with Crippen molar-refractivity contribution in [2.75, 3.05) is 18.0 Å². The van der Waals surface area contributed by atoms with E-state index >= 15 is 0 Å². The SMILES string of the molecule is O=[N+]([O-])c1ccc(O)c(N=Cc2ccc(N3CCCC3)cc2)c1. The molecule has 0 amide bonds. The predicted molar refractivity (Wildman–Crippen MR) is 89.9 cm³/mol. The van der Waals surface area contributed by atoms with Crippen molar-refractivity contribution in [2.45, 2.75) is 12.8 Å². The van der Waals surface area contributed by atoms with Gasteiger partial charge in [-0.2, -0.15) is 0 Å². The molecule has 1 N–H and O–H groups in total. The fraction of sp³-hybridized carbons (Fsp3) is 0.235. The molecule has 0 spiro atoms. The molecule has 2 aromatic rings. The number of nitro benzene ring substituents is 1. The van der Waals surface area contributed by atoms with Crippen LogP contribution in [0.25, 0.3) is 0 Å². The lowest BCUT2D eigenvalue weighted by Gasteiger charge is -2.17. The van der Waals surface area contributed by atoms with Crippen molar-refractivity contribution in [1.29, 1.82) is 0 Å². The third-order valence-corrected chi connectivity index (χ3v) is 3.89. The van der Waals surface area contributed by atoms with Crippen LogP contribution in [0, 0.1) is 10.1 Å². The third kappa shape index (κ3) is 3.48. The molecule has 118 valence electrons. The van der Waals surface area contributed by atoms with Crippen molar-refractivity contribution < 1.29 is 10.0 Å². The molecule has 1 saturated heterocycles. The van der Waals surface area contributed by atoms with Gasteiger partial charge in [-0.3, -0.25) is 15.1 Å². The highest BCUT2D eigenvalue weighted by atomic mass is 16.6. The maximum absolute atomic E-state index is 10.8. The Morgan fingerprint density at radius 3 is 2.48 bits per heavy atom. The van der Waals surface area contributed by atoms with Crippen molar-refractivity contribution in [2.24, 2.45) is 4.99 Å². The minimum atomic E-state index is -0.511. The quantitative estimate of drug-likeness (QED) is 0.531. The highest BCUT2D eigenvalue weighted by molar-refractivity contribution is 5.83. The van der Waals surface area contributed by atoms with E-state index in [1.54, 1.807) is 6.21 Å². The number of rotatable bonds is 4. The van der Waals surface area contributed by atoms with Gasteiger partial charge in [0.2, 0.25) is 0 Å². The van der Waals surface area contributed by atoms with Crippen LogP contribution in [0.1, 0.15) is 18.4 Å². The number of nitrogens with zero attached hydrogens (tertiary/aromatic N) is 3. The molecule has 1 aliphatic rings. The van der Waals surface area contributed by atoms with Crippen molar-refractivity contribution in [3.05, 3.63) is 58.1 Å². The number of aliphatic imine (C=N–C) groups is 1. The number of phenols is 1. The van der Waals surface area contributed by atoms with Gasteiger partial charge < -0.3 is 10.0 Å². The van der Waals surface area contributed by atoms with Gasteiger partial charge in [0.15, 0.2) is 0 Å². The van der Waals surface area contributed by atoms with Crippen LogP contribution in [0.3, 0.4) is 0 Å². The van der Waals surface area contributed by atoms with Crippen molar-refractivity contribution >= 4 is 23.3 Å². The molecular formula is C17H17N3O3. The van der Waals surface area contributed by atoms with E-state index in [0.717, 1.165) is 18.7 Å². The lowest BCUT2D eigenvalue weighted by molar-refractivity contribution is -0.384. The number of non-ortho nitro benzene ring substituents is 1. The summed E-state index contributed by atoms with van der Waals surface area (Å²) in [6, 6.07) is 11.8. The minimum Gasteiger partial charge on any atom is -0.506 e. The molecule has 6 heteroatoms. The third-order valence-electron chi connectivity index (χ3n) is 3.89. The molecule has 0 unspecified atom stereocenters. The number of aromatic hydroxyl groups is 1. The van der Waals surface area contributed by atoms with E-state index in [1.165, 1.54) is 36.7 Å². The molecule has 0 aliphatic carbocycles. The topological polar surface area (TPSA) is 79.0 Å². The summed E-state index contributed by atoms with van der Waals surface area (Å²) in [5, 5.41) is 20.5. The first-order valence-electron chi connectivity index (χ1n) is 7.50. The zero-order valence-electron chi connectivity index (χ0n) is 12.6. The minimum absolute atomic E-state index is 0.0828. The summed E-state index contributed by atoms with van der Waals surface area (Å²) in [6.07, 6.45) is 4.05. The zero-order valence-corrected chi connectivity index (χ0v) is 12.6. The summed E-state index contributed by atoms with van der Waals surface area (Å²) in [7, 11) is 0. The molecule has 1 heterocycles. The lowest BCUT2D eigenvalue weighted by atomic mass is 10.2. The van der Waals surface area contributed by atoms with Gasteiger partial charge in [-0.05, 0) is 36.6 Å². The van der Waals surface area contributed by atoms with Gasteiger partial charge in [-0.25, -0.2) is 0 Å². The Morgan fingerprint density at radius 1 is 1.13 bits per heavy atom. The van der Waals surface area contributed by atoms with Gasteiger partial charge in [-0.15, -0.1) is 0 Å². The van der Waals surface area contributed by atoms with Crippen LogP contribution < -0.4 is 4.90 Å². The Morgan fingerprint density at radius 2 is 1.83 bits per heavy atom. The normalized spacial score (nSPS) is 14.5. The maximum atomic E-state index is 10.8. The smallest absolute Gasteiger partial charge is 0.271 e. The number of nitro groups is 1. The molecule has 1 aliphatic heterocycles. The Kier molecular flexibility index (Phi) is 4.23. The van der Waals surface area contributed by atoms with E-state index in [1.807, 2.05) is 24.3 Å². The van der Waals surface area contributed by atoms with E-state index in [0.29, 0.717) is 0 Å². The van der Waals surface area contributed by atoms with Crippen LogP contribution in [0.15, 0.2) is 47.5 Å². The lowest BCUT2D eigenvalue weighted by Crippen LogP contribution is -2.17. The number of hydrogen-bond donors (Lipinski definition) is 1. The van der Waals surface area contributed by atoms with Crippen LogP contribution in [0.2, 0.25) is 0 Å². The predicted octanol–water partition coefficient (Wildman–Crippen LogP) is 3.65. The van der Waals surface area contributed by atoms with Crippen LogP contribution >= 0.6 is 0 Å². The highest BCUT2D eigenvalue weighted by Gasteiger charge is 2.12. The number of benzene rings is 2. The number of phenolic OH excluding ortho intramolecular Hbond substituents is 1. The second-order valence-corrected chi connectivity index (χ2v) is 5.47. The molecule has 6 nitrogen and oxygen atoms in total. The maximum Gasteiger partial charge on any atom is 0.271 e. The van der Waals surface area contributed by atoms with Gasteiger partial charge in [0.25, 0.3) is 5.69 Å². The summed E-state index contributed by atoms with van der Waals surface area (Å²) in [6.45, 7) is 2.18. The first kappa shape index (κ1) is 15.0. The Balaban J connectivity index is 1.77. The fourth-order valence-corrected chi connectivity index (χ4v) is 2.62. The van der Waals surface area contributed by atoms with E-state index in [4.69, 9.17) is 0 Å². The zero-order chi connectivity index (χ0) is 16.2. The summed E-state index contributed by atoms with van der Waals surface area (Å²) in [4.78, 5) is 16.8. The van der Waals surface area contributed by atoms with Gasteiger partial charge >= 0.3 is 0 Å². The summed E-state index contributed by atoms with van der Waals surface area (Å²) < 4.78 is 0. The van der Waals surface area contributed by atoms with E-state index in [9.17, 15) is 15.2 Å². The summed E-state index contributed by atoms with van der Waals surface area (Å²) in [5.74, 6) is -0.0828. The molecule has 0 bridgehead atoms. The molecule has 2 aromatic carbocycles. The van der Waals surface area contributed by atoms with Gasteiger partial charge in [0.1, 0.15) is 11.4 Å². The first-order valence-corrected chi connectivity index (χ1v) is 7.50. The van der Waals surface area contributed by atoms with Crippen LogP contribution in [-0.4, -0.2) is 29.3 Å². The average Bonchev–Trinajstić information content (AvgIpc) is 3.09. The van der Waals surface area contributed by atoms with Gasteiger partial charge in [0, 0.05) is 37.1 Å². The largest absolute Gasteiger partial charge is 0.506 e. The van der Waals surface area contributed by atoms with Gasteiger partial charge in [-0.1, -0.05) is 12.1 Å². The van der Waals surface area contributed by atoms with Crippen molar-refractivity contribution in [1.82, 2.24) is 0 Å². The fourth-order valence-electron chi connectivity index (χ4n) is 2.62. The molecule has 23 heavy (non-hydrogen) atoms. The van der Waals surface area contributed by atoms with Crippen LogP contribution in [0.5, 0.6) is 5.75 Å². The van der Waals surface area contributed by atoms with E-state index < -0.39 is 4.92 Å². The summed E-state index contributed by atoms with van der Waals surface area (Å²) >= 11 is 0. The summed E-state index contributed by atoms with van der Waals surface area (Å²) in [5.41, 5.74) is 2.15. The standard InChI is InChI=1S/C17H17N3O3/c21-17-8-7-15(20(22)23)11-16(17)18-12-13-3-5-14(6-4-13)19-9-1-2-10-19/h3-8,11-12,21H,1-2,9-10H2. The molecular weight excluding hydrogens is 294 g/mol. The Hall–Kier alpha value is -2.89. The van der Waals surface area contributed by atoms with E-state index in [2.05, 4.69) is 9.89 Å². The molecule has 0 radical (unpaired) electrons. The Labute approximate surface area is 133 Å². The molecule has 0 aromatic heterocycles. The molecule has 0 saturated carbocycles. The second kappa shape index (κ2) is 6.48. The second-order valence-electron chi connectivity index (χ2n) is 5.47. The van der Waals surface area contributed by atoms with Crippen LogP contribution in [-0.2, 0) is 0 Å². The number of hydrogen-bond acceptors (Lipinski definition) is 5. The van der Waals surface area contributed by atoms with Crippen molar-refractivity contribution in [3.8, 4) is 5.75 Å². The average molecular weight is 311 g/mol.